The minimum atomic E-state index is -0.393. The van der Waals surface area contributed by atoms with Gasteiger partial charge in [-0.1, -0.05) is 63.1 Å². The molecule has 200 valence electrons. The molecule has 0 spiro atoms. The number of ketones is 2. The van der Waals surface area contributed by atoms with Gasteiger partial charge in [0.2, 0.25) is 0 Å². The van der Waals surface area contributed by atoms with Crippen LogP contribution in [-0.2, 0) is 16.2 Å². The van der Waals surface area contributed by atoms with Crippen molar-refractivity contribution < 1.29 is 19.1 Å². The Morgan fingerprint density at radius 1 is 0.789 bits per heavy atom. The maximum atomic E-state index is 13.6. The van der Waals surface area contributed by atoms with Crippen molar-refractivity contribution in [3.8, 4) is 11.5 Å². The Morgan fingerprint density at radius 3 is 1.87 bits per heavy atom. The lowest BCUT2D eigenvalue weighted by Gasteiger charge is -2.44. The second-order valence-electron chi connectivity index (χ2n) is 12.9. The maximum Gasteiger partial charge on any atom is 0.162 e. The zero-order chi connectivity index (χ0) is 27.4. The molecule has 0 amide bonds. The first kappa shape index (κ1) is 26.3. The lowest BCUT2D eigenvalue weighted by Crippen LogP contribution is -2.42. The van der Waals surface area contributed by atoms with Crippen molar-refractivity contribution in [2.24, 2.45) is 10.8 Å². The number of benzene rings is 2. The average molecular weight is 514 g/mol. The fourth-order valence-electron chi connectivity index (χ4n) is 6.52. The van der Waals surface area contributed by atoms with Gasteiger partial charge in [-0.05, 0) is 60.8 Å². The molecular weight excluding hydrogens is 474 g/mol. The number of carbonyl (C=O) groups excluding carboxylic acids is 2. The van der Waals surface area contributed by atoms with E-state index in [0.29, 0.717) is 30.9 Å². The minimum Gasteiger partial charge on any atom is -0.493 e. The van der Waals surface area contributed by atoms with Gasteiger partial charge in [-0.25, -0.2) is 0 Å². The Labute approximate surface area is 226 Å². The van der Waals surface area contributed by atoms with E-state index in [1.54, 1.807) is 7.11 Å². The molecule has 0 saturated heterocycles. The van der Waals surface area contributed by atoms with Gasteiger partial charge in [0.25, 0.3) is 0 Å². The Kier molecular flexibility index (Phi) is 6.53. The molecule has 5 heteroatoms. The molecule has 0 unspecified atom stereocenters. The molecule has 0 atom stereocenters. The van der Waals surface area contributed by atoms with E-state index in [1.807, 2.05) is 18.2 Å². The molecular formula is C33H39NO4. The van der Waals surface area contributed by atoms with Gasteiger partial charge in [-0.3, -0.25) is 9.59 Å². The van der Waals surface area contributed by atoms with Crippen LogP contribution < -0.4 is 14.8 Å². The van der Waals surface area contributed by atoms with E-state index >= 15 is 0 Å². The van der Waals surface area contributed by atoms with Crippen LogP contribution in [0.4, 0.5) is 0 Å². The number of carbonyl (C=O) groups is 2. The van der Waals surface area contributed by atoms with Gasteiger partial charge in [0, 0.05) is 41.3 Å². The highest BCUT2D eigenvalue weighted by molar-refractivity contribution is 6.06. The number of hydrogen-bond donors (Lipinski definition) is 1. The summed E-state index contributed by atoms with van der Waals surface area (Å²) in [6, 6.07) is 12.2. The fourth-order valence-corrected chi connectivity index (χ4v) is 6.52. The van der Waals surface area contributed by atoms with Gasteiger partial charge < -0.3 is 14.8 Å². The monoisotopic (exact) mass is 513 g/mol. The zero-order valence-corrected chi connectivity index (χ0v) is 23.7. The van der Waals surface area contributed by atoms with Crippen LogP contribution in [0.5, 0.6) is 11.5 Å². The van der Waals surface area contributed by atoms with Gasteiger partial charge >= 0.3 is 0 Å². The largest absolute Gasteiger partial charge is 0.493 e. The molecule has 3 aliphatic rings. The van der Waals surface area contributed by atoms with Crippen molar-refractivity contribution in [1.82, 2.24) is 5.32 Å². The Bertz CT molecular complexity index is 1320. The lowest BCUT2D eigenvalue weighted by molar-refractivity contribution is -0.119. The molecule has 5 rings (SSSR count). The van der Waals surface area contributed by atoms with Gasteiger partial charge in [0.15, 0.2) is 23.1 Å². The standard InChI is InChI=1S/C33H39NO4/c1-19-10-20(2)12-21(11-19)18-38-27-9-8-22(13-28(27)37-7)29-30-23(14-32(3,4)16-25(30)35)34-24-15-33(5,6)17-26(36)31(24)29/h8-13,29,34H,14-18H2,1-7H3. The van der Waals surface area contributed by atoms with Crippen LogP contribution in [0.1, 0.15) is 81.5 Å². The third-order valence-electron chi connectivity index (χ3n) is 7.92. The molecule has 0 saturated carbocycles. The van der Waals surface area contributed by atoms with E-state index < -0.39 is 5.92 Å². The molecule has 0 bridgehead atoms. The minimum absolute atomic E-state index is 0.118. The number of rotatable bonds is 5. The SMILES string of the molecule is COc1cc(C2C3=C(CC(C)(C)CC3=O)NC3=C2C(=O)CC(C)(C)C3)ccc1OCc1cc(C)cc(C)c1. The molecule has 5 nitrogen and oxygen atoms in total. The maximum absolute atomic E-state index is 13.6. The molecule has 1 N–H and O–H groups in total. The van der Waals surface area contributed by atoms with Gasteiger partial charge in [0.1, 0.15) is 6.61 Å². The highest BCUT2D eigenvalue weighted by atomic mass is 16.5. The number of methoxy groups -OCH3 is 1. The first-order chi connectivity index (χ1) is 17.9. The summed E-state index contributed by atoms with van der Waals surface area (Å²) >= 11 is 0. The number of nitrogens with one attached hydrogen (secondary N) is 1. The topological polar surface area (TPSA) is 64.6 Å². The Morgan fingerprint density at radius 2 is 1.34 bits per heavy atom. The Hall–Kier alpha value is -3.34. The summed E-state index contributed by atoms with van der Waals surface area (Å²) in [6.07, 6.45) is 2.51. The molecule has 1 aliphatic heterocycles. The van der Waals surface area contributed by atoms with Gasteiger partial charge in [0.05, 0.1) is 7.11 Å². The number of dihydropyridines is 1. The van der Waals surface area contributed by atoms with Crippen molar-refractivity contribution in [2.75, 3.05) is 7.11 Å². The van der Waals surface area contributed by atoms with Crippen LogP contribution in [0.15, 0.2) is 58.9 Å². The number of allylic oxidation sites excluding steroid dienone is 4. The summed E-state index contributed by atoms with van der Waals surface area (Å²) in [4.78, 5) is 27.2. The second kappa shape index (κ2) is 9.44. The highest BCUT2D eigenvalue weighted by Crippen LogP contribution is 2.51. The number of aryl methyl sites for hydroxylation is 2. The first-order valence-corrected chi connectivity index (χ1v) is 13.5. The van der Waals surface area contributed by atoms with Gasteiger partial charge in [-0.2, -0.15) is 0 Å². The quantitative estimate of drug-likeness (QED) is 0.473. The summed E-state index contributed by atoms with van der Waals surface area (Å²) < 4.78 is 11.9. The van der Waals surface area contributed by atoms with E-state index in [-0.39, 0.29) is 22.4 Å². The fraction of sp³-hybridized carbons (Fsp3) is 0.455. The second-order valence-corrected chi connectivity index (χ2v) is 12.9. The normalized spacial score (nSPS) is 20.6. The molecule has 1 heterocycles. The van der Waals surface area contributed by atoms with Crippen molar-refractivity contribution in [1.29, 1.82) is 0 Å². The summed E-state index contributed by atoms with van der Waals surface area (Å²) in [7, 11) is 1.63. The summed E-state index contributed by atoms with van der Waals surface area (Å²) in [5, 5.41) is 3.58. The van der Waals surface area contributed by atoms with E-state index in [9.17, 15) is 9.59 Å². The predicted octanol–water partition coefficient (Wildman–Crippen LogP) is 6.86. The van der Waals surface area contributed by atoms with Crippen LogP contribution >= 0.6 is 0 Å². The molecule has 2 aliphatic carbocycles. The number of Topliss-reactive ketones (excluding diaryl/α,β-unsaturated/α-hetero) is 2. The smallest absolute Gasteiger partial charge is 0.162 e. The van der Waals surface area contributed by atoms with E-state index in [4.69, 9.17) is 9.47 Å². The first-order valence-electron chi connectivity index (χ1n) is 13.5. The van der Waals surface area contributed by atoms with Crippen molar-refractivity contribution in [3.63, 3.8) is 0 Å². The summed E-state index contributed by atoms with van der Waals surface area (Å²) in [5.74, 6) is 1.08. The van der Waals surface area contributed by atoms with Crippen LogP contribution in [0, 0.1) is 24.7 Å². The van der Waals surface area contributed by atoms with E-state index in [0.717, 1.165) is 46.5 Å². The average Bonchev–Trinajstić information content (AvgIpc) is 2.79. The molecule has 2 aromatic rings. The van der Waals surface area contributed by atoms with E-state index in [1.165, 1.54) is 11.1 Å². The molecule has 0 fully saturated rings. The number of ether oxygens (including phenoxy) is 2. The van der Waals surface area contributed by atoms with Crippen molar-refractivity contribution in [3.05, 3.63) is 81.2 Å². The number of hydrogen-bond acceptors (Lipinski definition) is 5. The lowest BCUT2D eigenvalue weighted by atomic mass is 9.64. The predicted molar refractivity (Wildman–Crippen MR) is 149 cm³/mol. The van der Waals surface area contributed by atoms with Crippen molar-refractivity contribution in [2.45, 2.75) is 79.8 Å². The highest BCUT2D eigenvalue weighted by Gasteiger charge is 2.46. The molecule has 2 aromatic carbocycles. The van der Waals surface area contributed by atoms with E-state index in [2.05, 4.69) is 65.1 Å². The Balaban J connectivity index is 1.55. The third-order valence-corrected chi connectivity index (χ3v) is 7.92. The summed E-state index contributed by atoms with van der Waals surface area (Å²) in [5.41, 5.74) is 7.56. The van der Waals surface area contributed by atoms with Crippen LogP contribution in [-0.4, -0.2) is 18.7 Å². The summed E-state index contributed by atoms with van der Waals surface area (Å²) in [6.45, 7) is 13.1. The van der Waals surface area contributed by atoms with Crippen LogP contribution in [0.2, 0.25) is 0 Å². The molecule has 38 heavy (non-hydrogen) atoms. The van der Waals surface area contributed by atoms with Crippen LogP contribution in [0.25, 0.3) is 0 Å². The zero-order valence-electron chi connectivity index (χ0n) is 23.7. The van der Waals surface area contributed by atoms with Gasteiger partial charge in [-0.15, -0.1) is 0 Å². The van der Waals surface area contributed by atoms with Crippen molar-refractivity contribution >= 4 is 11.6 Å². The third kappa shape index (κ3) is 5.03. The van der Waals surface area contributed by atoms with Crippen LogP contribution in [0.3, 0.4) is 0 Å². The molecule has 0 radical (unpaired) electrons. The molecule has 0 aromatic heterocycles.